The number of nitrogens with one attached hydrogen (secondary N) is 1. The number of benzene rings is 1. The van der Waals surface area contributed by atoms with Crippen molar-refractivity contribution in [2.75, 3.05) is 26.2 Å². The van der Waals surface area contributed by atoms with Gasteiger partial charge in [0.25, 0.3) is 5.91 Å². The van der Waals surface area contributed by atoms with Crippen LogP contribution in [0.2, 0.25) is 0 Å². The molecule has 0 fully saturated rings. The minimum absolute atomic E-state index is 0.0396. The number of hydrogen-bond donors (Lipinski definition) is 1. The quantitative estimate of drug-likeness (QED) is 0.716. The van der Waals surface area contributed by atoms with Gasteiger partial charge in [-0.1, -0.05) is 0 Å². The number of nitrogens with zero attached hydrogens (tertiary/aromatic N) is 1. The van der Waals surface area contributed by atoms with Crippen molar-refractivity contribution >= 4 is 11.8 Å². The van der Waals surface area contributed by atoms with Crippen molar-refractivity contribution in [3.05, 3.63) is 29.3 Å². The van der Waals surface area contributed by atoms with E-state index in [1.165, 1.54) is 0 Å². The summed E-state index contributed by atoms with van der Waals surface area (Å²) >= 11 is 0. The lowest BCUT2D eigenvalue weighted by Crippen LogP contribution is -2.42. The first kappa shape index (κ1) is 22.6. The van der Waals surface area contributed by atoms with Crippen molar-refractivity contribution in [3.8, 4) is 5.75 Å². The highest BCUT2D eigenvalue weighted by Crippen LogP contribution is 2.38. The summed E-state index contributed by atoms with van der Waals surface area (Å²) in [5.74, 6) is -1.96. The number of alkyl halides is 6. The van der Waals surface area contributed by atoms with Crippen molar-refractivity contribution < 1.29 is 40.7 Å². The number of rotatable bonds is 7. The molecule has 0 bridgehead atoms. The Bertz CT molecular complexity index is 641. The highest BCUT2D eigenvalue weighted by Gasteiger charge is 2.37. The van der Waals surface area contributed by atoms with Crippen molar-refractivity contribution in [1.82, 2.24) is 10.2 Å². The van der Waals surface area contributed by atoms with Crippen molar-refractivity contribution in [1.29, 1.82) is 0 Å². The smallest absolute Gasteiger partial charge is 0.416 e. The number of likely N-dealkylation sites (N-methyl/N-ethyl adjacent to an activating group) is 2. The van der Waals surface area contributed by atoms with E-state index in [0.29, 0.717) is 18.7 Å². The molecule has 0 heterocycles. The van der Waals surface area contributed by atoms with E-state index in [0.717, 1.165) is 4.90 Å². The van der Waals surface area contributed by atoms with Gasteiger partial charge in [-0.2, -0.15) is 26.3 Å². The predicted octanol–water partition coefficient (Wildman–Crippen LogP) is 3.09. The maximum absolute atomic E-state index is 12.8. The van der Waals surface area contributed by atoms with E-state index < -0.39 is 47.7 Å². The van der Waals surface area contributed by atoms with Crippen LogP contribution in [0, 0.1) is 0 Å². The molecule has 0 saturated heterocycles. The average molecular weight is 400 g/mol. The first-order valence-electron chi connectivity index (χ1n) is 7.85. The molecule has 27 heavy (non-hydrogen) atoms. The van der Waals surface area contributed by atoms with Crippen molar-refractivity contribution in [2.45, 2.75) is 26.2 Å². The van der Waals surface area contributed by atoms with Gasteiger partial charge in [0.05, 0.1) is 17.7 Å². The van der Waals surface area contributed by atoms with Crippen LogP contribution in [0.25, 0.3) is 0 Å². The van der Waals surface area contributed by atoms with Crippen LogP contribution in [0.3, 0.4) is 0 Å². The van der Waals surface area contributed by atoms with Crippen LogP contribution in [-0.2, 0) is 21.9 Å². The summed E-state index contributed by atoms with van der Waals surface area (Å²) < 4.78 is 81.6. The SMILES string of the molecule is CCNC(=O)CN(CC)C(=O)COc1cc(C(F)(F)F)cc(C(F)(F)F)c1. The summed E-state index contributed by atoms with van der Waals surface area (Å²) in [5, 5.41) is 2.46. The van der Waals surface area contributed by atoms with Gasteiger partial charge >= 0.3 is 12.4 Å². The molecule has 0 aliphatic heterocycles. The van der Waals surface area contributed by atoms with E-state index in [1.54, 1.807) is 13.8 Å². The second-order valence-corrected chi connectivity index (χ2v) is 5.39. The molecule has 1 aromatic rings. The van der Waals surface area contributed by atoms with E-state index in [-0.39, 0.29) is 19.2 Å². The summed E-state index contributed by atoms with van der Waals surface area (Å²) in [6.45, 7) is 2.56. The van der Waals surface area contributed by atoms with E-state index in [4.69, 9.17) is 4.74 Å². The van der Waals surface area contributed by atoms with Gasteiger partial charge in [-0.25, -0.2) is 0 Å². The van der Waals surface area contributed by atoms with E-state index >= 15 is 0 Å². The van der Waals surface area contributed by atoms with E-state index in [1.807, 2.05) is 0 Å². The molecule has 0 unspecified atom stereocenters. The fourth-order valence-corrected chi connectivity index (χ4v) is 2.05. The molecule has 1 rings (SSSR count). The third-order valence-electron chi connectivity index (χ3n) is 3.37. The molecular weight excluding hydrogens is 382 g/mol. The summed E-state index contributed by atoms with van der Waals surface area (Å²) in [5.41, 5.74) is -3.09. The minimum atomic E-state index is -5.02. The Kier molecular flexibility index (Phi) is 7.49. The lowest BCUT2D eigenvalue weighted by molar-refractivity contribution is -0.143. The van der Waals surface area contributed by atoms with Gasteiger partial charge in [0.1, 0.15) is 5.75 Å². The number of ether oxygens (including phenoxy) is 1. The van der Waals surface area contributed by atoms with Crippen LogP contribution in [0.4, 0.5) is 26.3 Å². The molecule has 0 saturated carbocycles. The molecule has 0 radical (unpaired) electrons. The van der Waals surface area contributed by atoms with Crippen LogP contribution < -0.4 is 10.1 Å². The van der Waals surface area contributed by atoms with E-state index in [9.17, 15) is 35.9 Å². The Hall–Kier alpha value is -2.46. The number of carbonyl (C=O) groups excluding carboxylic acids is 2. The van der Waals surface area contributed by atoms with Crippen LogP contribution in [0.5, 0.6) is 5.75 Å². The lowest BCUT2D eigenvalue weighted by atomic mass is 10.1. The normalized spacial score (nSPS) is 11.9. The fourth-order valence-electron chi connectivity index (χ4n) is 2.05. The first-order valence-corrected chi connectivity index (χ1v) is 7.85. The lowest BCUT2D eigenvalue weighted by Gasteiger charge is -2.21. The molecule has 0 aliphatic rings. The fraction of sp³-hybridized carbons (Fsp3) is 0.500. The van der Waals surface area contributed by atoms with E-state index in [2.05, 4.69) is 5.32 Å². The molecule has 1 N–H and O–H groups in total. The maximum Gasteiger partial charge on any atom is 0.416 e. The Balaban J connectivity index is 2.94. The summed E-state index contributed by atoms with van der Waals surface area (Å²) in [6, 6.07) is 0.716. The monoisotopic (exact) mass is 400 g/mol. The minimum Gasteiger partial charge on any atom is -0.484 e. The van der Waals surface area contributed by atoms with Gasteiger partial charge in [-0.05, 0) is 32.0 Å². The summed E-state index contributed by atoms with van der Waals surface area (Å²) in [6.07, 6.45) is -10.0. The van der Waals surface area contributed by atoms with Gasteiger partial charge in [0, 0.05) is 13.1 Å². The second kappa shape index (κ2) is 8.96. The first-order chi connectivity index (χ1) is 12.4. The highest BCUT2D eigenvalue weighted by molar-refractivity contribution is 5.85. The van der Waals surface area contributed by atoms with Gasteiger partial charge < -0.3 is 15.0 Å². The Labute approximate surface area is 151 Å². The number of carbonyl (C=O) groups is 2. The largest absolute Gasteiger partial charge is 0.484 e. The Morgan fingerprint density at radius 1 is 1.00 bits per heavy atom. The standard InChI is InChI=1S/C16H18F6N2O3/c1-3-23-13(25)8-24(4-2)14(26)9-27-12-6-10(15(17,18)19)5-11(7-12)16(20,21)22/h5-7H,3-4,8-9H2,1-2H3,(H,23,25). The van der Waals surface area contributed by atoms with Gasteiger partial charge in [-0.15, -0.1) is 0 Å². The number of amides is 2. The number of hydrogen-bond acceptors (Lipinski definition) is 3. The molecule has 0 aromatic heterocycles. The molecule has 0 aliphatic carbocycles. The summed E-state index contributed by atoms with van der Waals surface area (Å²) in [7, 11) is 0. The molecule has 2 amide bonds. The van der Waals surface area contributed by atoms with Crippen LogP contribution in [0.15, 0.2) is 18.2 Å². The topological polar surface area (TPSA) is 58.6 Å². The zero-order chi connectivity index (χ0) is 20.8. The predicted molar refractivity (Wildman–Crippen MR) is 82.9 cm³/mol. The Morgan fingerprint density at radius 3 is 1.93 bits per heavy atom. The molecule has 0 spiro atoms. The van der Waals surface area contributed by atoms with Gasteiger partial charge in [-0.3, -0.25) is 9.59 Å². The van der Waals surface area contributed by atoms with Crippen molar-refractivity contribution in [3.63, 3.8) is 0 Å². The van der Waals surface area contributed by atoms with Crippen LogP contribution in [0.1, 0.15) is 25.0 Å². The average Bonchev–Trinajstić information content (AvgIpc) is 2.56. The second-order valence-electron chi connectivity index (χ2n) is 5.39. The van der Waals surface area contributed by atoms with Crippen LogP contribution >= 0.6 is 0 Å². The molecular formula is C16H18F6N2O3. The zero-order valence-corrected chi connectivity index (χ0v) is 14.5. The third kappa shape index (κ3) is 6.99. The third-order valence-corrected chi connectivity index (χ3v) is 3.37. The van der Waals surface area contributed by atoms with Crippen molar-refractivity contribution in [2.24, 2.45) is 0 Å². The molecule has 152 valence electrons. The molecule has 1 aromatic carbocycles. The highest BCUT2D eigenvalue weighted by atomic mass is 19.4. The summed E-state index contributed by atoms with van der Waals surface area (Å²) in [4.78, 5) is 24.6. The zero-order valence-electron chi connectivity index (χ0n) is 14.5. The van der Waals surface area contributed by atoms with Crippen LogP contribution in [-0.4, -0.2) is 43.0 Å². The number of halogens is 6. The van der Waals surface area contributed by atoms with Gasteiger partial charge in [0.15, 0.2) is 6.61 Å². The Morgan fingerprint density at radius 2 is 1.52 bits per heavy atom. The maximum atomic E-state index is 12.8. The van der Waals surface area contributed by atoms with Gasteiger partial charge in [0.2, 0.25) is 5.91 Å². The molecule has 0 atom stereocenters. The molecule has 11 heteroatoms. The molecule has 5 nitrogen and oxygen atoms in total.